The predicted octanol–water partition coefficient (Wildman–Crippen LogP) is 5.44. The highest BCUT2D eigenvalue weighted by molar-refractivity contribution is 5.85. The second-order valence-electron chi connectivity index (χ2n) is 7.22. The van der Waals surface area contributed by atoms with Gasteiger partial charge in [0.1, 0.15) is 11.9 Å². The van der Waals surface area contributed by atoms with Crippen LogP contribution in [0, 0.1) is 0 Å². The maximum Gasteiger partial charge on any atom is 0.416 e. The van der Waals surface area contributed by atoms with Crippen LogP contribution in [0.2, 0.25) is 0 Å². The lowest BCUT2D eigenvalue weighted by Crippen LogP contribution is -2.37. The Hall–Kier alpha value is -1.47. The Bertz CT molecular complexity index is 754. The third-order valence-electron chi connectivity index (χ3n) is 4.76. The number of halogens is 5. The third kappa shape index (κ3) is 7.07. The Kier molecular flexibility index (Phi) is 9.76. The van der Waals surface area contributed by atoms with E-state index in [0.717, 1.165) is 50.3 Å². The van der Waals surface area contributed by atoms with Crippen molar-refractivity contribution < 1.29 is 17.9 Å². The third-order valence-corrected chi connectivity index (χ3v) is 4.76. The lowest BCUT2D eigenvalue weighted by Gasteiger charge is -2.35. The van der Waals surface area contributed by atoms with Crippen LogP contribution in [-0.2, 0) is 12.7 Å². The molecule has 1 aliphatic heterocycles. The van der Waals surface area contributed by atoms with E-state index in [1.165, 1.54) is 17.7 Å². The predicted molar refractivity (Wildman–Crippen MR) is 114 cm³/mol. The smallest absolute Gasteiger partial charge is 0.416 e. The molecule has 0 amide bonds. The van der Waals surface area contributed by atoms with Gasteiger partial charge in [-0.25, -0.2) is 0 Å². The van der Waals surface area contributed by atoms with Crippen LogP contribution in [0.15, 0.2) is 48.5 Å². The van der Waals surface area contributed by atoms with Gasteiger partial charge in [0.05, 0.1) is 5.56 Å². The monoisotopic (exact) mass is 450 g/mol. The molecular formula is C21H27Cl2F3N2O. The number of hydrogen-bond acceptors (Lipinski definition) is 3. The Labute approximate surface area is 182 Å². The van der Waals surface area contributed by atoms with Gasteiger partial charge in [-0.2, -0.15) is 13.2 Å². The Morgan fingerprint density at radius 2 is 1.69 bits per heavy atom. The Balaban J connectivity index is 0.00000210. The Morgan fingerprint density at radius 3 is 2.31 bits per heavy atom. The van der Waals surface area contributed by atoms with Crippen LogP contribution in [0.5, 0.6) is 5.75 Å². The molecule has 0 spiro atoms. The van der Waals surface area contributed by atoms with Crippen molar-refractivity contribution >= 4 is 24.8 Å². The standard InChI is InChI=1S/C21H25F3N2O.2ClH/c1-25(2)12-5-13-26-14-16-6-3-4-7-19(16)20(15-26)27-18-10-8-17(9-11-18)21(22,23)24;;/h3-4,6-11,20H,5,12-15H2,1-2H3;2*1H. The van der Waals surface area contributed by atoms with E-state index in [2.05, 4.69) is 30.0 Å². The average molecular weight is 451 g/mol. The zero-order valence-electron chi connectivity index (χ0n) is 16.5. The van der Waals surface area contributed by atoms with Crippen LogP contribution < -0.4 is 4.74 Å². The summed E-state index contributed by atoms with van der Waals surface area (Å²) in [5.41, 5.74) is 1.66. The maximum atomic E-state index is 12.8. The first kappa shape index (κ1) is 25.6. The summed E-state index contributed by atoms with van der Waals surface area (Å²) in [6, 6.07) is 13.1. The van der Waals surface area contributed by atoms with E-state index in [-0.39, 0.29) is 30.9 Å². The molecule has 0 aromatic heterocycles. The molecule has 0 aliphatic carbocycles. The molecular weight excluding hydrogens is 424 g/mol. The number of alkyl halides is 3. The van der Waals surface area contributed by atoms with E-state index >= 15 is 0 Å². The number of ether oxygens (including phenoxy) is 1. The molecule has 3 rings (SSSR count). The maximum absolute atomic E-state index is 12.8. The lowest BCUT2D eigenvalue weighted by molar-refractivity contribution is -0.137. The lowest BCUT2D eigenvalue weighted by atomic mass is 9.97. The normalized spacial score (nSPS) is 16.6. The molecule has 1 heterocycles. The number of hydrogen-bond donors (Lipinski definition) is 0. The van der Waals surface area contributed by atoms with Gasteiger partial charge in [-0.05, 0) is 69.0 Å². The molecule has 2 aromatic rings. The van der Waals surface area contributed by atoms with E-state index in [9.17, 15) is 13.2 Å². The summed E-state index contributed by atoms with van der Waals surface area (Å²) in [5.74, 6) is 0.456. The van der Waals surface area contributed by atoms with Gasteiger partial charge < -0.3 is 9.64 Å². The molecule has 1 unspecified atom stereocenters. The van der Waals surface area contributed by atoms with Crippen LogP contribution in [0.4, 0.5) is 13.2 Å². The quantitative estimate of drug-likeness (QED) is 0.582. The number of rotatable bonds is 6. The fourth-order valence-electron chi connectivity index (χ4n) is 3.40. The molecule has 0 fully saturated rings. The zero-order chi connectivity index (χ0) is 19.4. The summed E-state index contributed by atoms with van der Waals surface area (Å²) < 4.78 is 44.3. The molecule has 0 N–H and O–H groups in total. The van der Waals surface area contributed by atoms with Gasteiger partial charge in [-0.15, -0.1) is 24.8 Å². The minimum Gasteiger partial charge on any atom is -0.484 e. The number of benzene rings is 2. The largest absolute Gasteiger partial charge is 0.484 e. The minimum absolute atomic E-state index is 0. The van der Waals surface area contributed by atoms with Gasteiger partial charge in [0.2, 0.25) is 0 Å². The fraction of sp³-hybridized carbons (Fsp3) is 0.429. The summed E-state index contributed by atoms with van der Waals surface area (Å²) in [6.45, 7) is 3.57. The zero-order valence-corrected chi connectivity index (χ0v) is 18.1. The van der Waals surface area contributed by atoms with Crippen LogP contribution in [0.25, 0.3) is 0 Å². The topological polar surface area (TPSA) is 15.7 Å². The van der Waals surface area contributed by atoms with E-state index < -0.39 is 11.7 Å². The highest BCUT2D eigenvalue weighted by Crippen LogP contribution is 2.33. The van der Waals surface area contributed by atoms with Crippen molar-refractivity contribution in [1.82, 2.24) is 9.80 Å². The van der Waals surface area contributed by atoms with E-state index in [4.69, 9.17) is 4.74 Å². The Morgan fingerprint density at radius 1 is 1.03 bits per heavy atom. The molecule has 162 valence electrons. The first-order valence-electron chi connectivity index (χ1n) is 9.12. The molecule has 0 saturated heterocycles. The first-order chi connectivity index (χ1) is 12.8. The number of nitrogens with zero attached hydrogens (tertiary/aromatic N) is 2. The van der Waals surface area contributed by atoms with Crippen molar-refractivity contribution in [1.29, 1.82) is 0 Å². The molecule has 8 heteroatoms. The minimum atomic E-state index is -4.33. The molecule has 0 bridgehead atoms. The molecule has 0 saturated carbocycles. The van der Waals surface area contributed by atoms with E-state index in [0.29, 0.717) is 5.75 Å². The molecule has 3 nitrogen and oxygen atoms in total. The molecule has 1 aliphatic rings. The van der Waals surface area contributed by atoms with Crippen LogP contribution in [0.3, 0.4) is 0 Å². The van der Waals surface area contributed by atoms with Gasteiger partial charge >= 0.3 is 6.18 Å². The van der Waals surface area contributed by atoms with Crippen molar-refractivity contribution in [2.45, 2.75) is 25.2 Å². The van der Waals surface area contributed by atoms with Crippen molar-refractivity contribution in [3.8, 4) is 5.75 Å². The highest BCUT2D eigenvalue weighted by atomic mass is 35.5. The summed E-state index contributed by atoms with van der Waals surface area (Å²) in [7, 11) is 4.12. The van der Waals surface area contributed by atoms with Gasteiger partial charge in [-0.3, -0.25) is 4.90 Å². The van der Waals surface area contributed by atoms with Crippen LogP contribution >= 0.6 is 24.8 Å². The highest BCUT2D eigenvalue weighted by Gasteiger charge is 2.30. The van der Waals surface area contributed by atoms with Crippen molar-refractivity contribution in [3.05, 3.63) is 65.2 Å². The summed E-state index contributed by atoms with van der Waals surface area (Å²) in [6.07, 6.45) is -3.47. The second-order valence-corrected chi connectivity index (χ2v) is 7.22. The van der Waals surface area contributed by atoms with Crippen molar-refractivity contribution in [3.63, 3.8) is 0 Å². The van der Waals surface area contributed by atoms with Crippen molar-refractivity contribution in [2.75, 3.05) is 33.7 Å². The molecule has 0 radical (unpaired) electrons. The summed E-state index contributed by atoms with van der Waals surface area (Å²) in [4.78, 5) is 4.51. The van der Waals surface area contributed by atoms with Crippen molar-refractivity contribution in [2.24, 2.45) is 0 Å². The van der Waals surface area contributed by atoms with Crippen LogP contribution in [-0.4, -0.2) is 43.5 Å². The van der Waals surface area contributed by atoms with Gasteiger partial charge in [0.15, 0.2) is 0 Å². The molecule has 2 aromatic carbocycles. The van der Waals surface area contributed by atoms with Gasteiger partial charge in [-0.1, -0.05) is 24.3 Å². The SMILES string of the molecule is CN(C)CCCN1Cc2ccccc2C(Oc2ccc(C(F)(F)F)cc2)C1.Cl.Cl. The summed E-state index contributed by atoms with van der Waals surface area (Å²) >= 11 is 0. The van der Waals surface area contributed by atoms with Gasteiger partial charge in [0.25, 0.3) is 0 Å². The van der Waals surface area contributed by atoms with E-state index in [1.807, 2.05) is 18.2 Å². The molecule has 29 heavy (non-hydrogen) atoms. The first-order valence-corrected chi connectivity index (χ1v) is 9.12. The van der Waals surface area contributed by atoms with Gasteiger partial charge in [0, 0.05) is 13.1 Å². The molecule has 1 atom stereocenters. The fourth-order valence-corrected chi connectivity index (χ4v) is 3.40. The average Bonchev–Trinajstić information content (AvgIpc) is 2.61. The van der Waals surface area contributed by atoms with Crippen LogP contribution in [0.1, 0.15) is 29.2 Å². The second kappa shape index (κ2) is 11.1. The van der Waals surface area contributed by atoms with E-state index in [1.54, 1.807) is 0 Å². The summed E-state index contributed by atoms with van der Waals surface area (Å²) in [5, 5.41) is 0. The number of fused-ring (bicyclic) bond motifs is 1.